The number of nitrogens with zero attached hydrogens (tertiary/aromatic N) is 1. The third-order valence-corrected chi connectivity index (χ3v) is 6.79. The summed E-state index contributed by atoms with van der Waals surface area (Å²) in [6.45, 7) is 1.23. The molecule has 11 heteroatoms. The van der Waals surface area contributed by atoms with Crippen molar-refractivity contribution >= 4 is 48.9 Å². The van der Waals surface area contributed by atoms with Gasteiger partial charge in [-0.1, -0.05) is 23.7 Å². The molecule has 0 unspecified atom stereocenters. The Hall–Kier alpha value is -2.14. The van der Waals surface area contributed by atoms with Crippen LogP contribution in [0.4, 0.5) is 11.4 Å². The number of sulfonamides is 2. The Morgan fingerprint density at radius 3 is 2.36 bits per heavy atom. The lowest BCUT2D eigenvalue weighted by Gasteiger charge is -2.15. The smallest absolute Gasteiger partial charge is 0.262 e. The highest BCUT2D eigenvalue weighted by atomic mass is 35.5. The van der Waals surface area contributed by atoms with Crippen LogP contribution >= 0.6 is 11.6 Å². The number of carbonyl (C=O) groups is 1. The number of hydrogen-bond acceptors (Lipinski definition) is 5. The number of hydrogen-bond donors (Lipinski definition) is 2. The zero-order chi connectivity index (χ0) is 21.1. The summed E-state index contributed by atoms with van der Waals surface area (Å²) >= 11 is 5.88. The highest BCUT2D eigenvalue weighted by molar-refractivity contribution is 7.92. The molecule has 2 aromatic rings. The van der Waals surface area contributed by atoms with E-state index in [0.717, 1.165) is 10.6 Å². The minimum absolute atomic E-state index is 0.0262. The molecule has 0 fully saturated rings. The van der Waals surface area contributed by atoms with Gasteiger partial charge < -0.3 is 5.32 Å². The van der Waals surface area contributed by atoms with Crippen molar-refractivity contribution in [2.24, 2.45) is 0 Å². The Bertz CT molecular complexity index is 1100. The van der Waals surface area contributed by atoms with E-state index in [-0.39, 0.29) is 10.6 Å². The second-order valence-electron chi connectivity index (χ2n) is 6.16. The van der Waals surface area contributed by atoms with E-state index in [1.165, 1.54) is 25.2 Å². The third kappa shape index (κ3) is 5.93. The molecular formula is C17H20ClN3O5S2. The Labute approximate surface area is 169 Å². The van der Waals surface area contributed by atoms with Crippen LogP contribution in [-0.2, 0) is 24.8 Å². The molecule has 28 heavy (non-hydrogen) atoms. The first-order valence-electron chi connectivity index (χ1n) is 7.99. The van der Waals surface area contributed by atoms with Crippen LogP contribution in [0.1, 0.15) is 5.56 Å². The molecule has 0 saturated heterocycles. The van der Waals surface area contributed by atoms with Crippen LogP contribution in [0, 0.1) is 6.92 Å². The lowest BCUT2D eigenvalue weighted by molar-refractivity contribution is -0.116. The van der Waals surface area contributed by atoms with Crippen molar-refractivity contribution in [1.29, 1.82) is 0 Å². The maximum Gasteiger partial charge on any atom is 0.262 e. The predicted octanol–water partition coefficient (Wildman–Crippen LogP) is 2.28. The second-order valence-corrected chi connectivity index (χ2v) is 10.3. The van der Waals surface area contributed by atoms with Crippen LogP contribution in [0.15, 0.2) is 47.4 Å². The van der Waals surface area contributed by atoms with E-state index in [9.17, 15) is 21.6 Å². The maximum atomic E-state index is 12.7. The molecule has 0 atom stereocenters. The van der Waals surface area contributed by atoms with Crippen LogP contribution in [0.2, 0.25) is 5.02 Å². The van der Waals surface area contributed by atoms with Crippen molar-refractivity contribution in [1.82, 2.24) is 4.31 Å². The summed E-state index contributed by atoms with van der Waals surface area (Å²) in [5.74, 6) is -0.595. The molecule has 0 aliphatic rings. The van der Waals surface area contributed by atoms with Crippen molar-refractivity contribution in [3.8, 4) is 0 Å². The van der Waals surface area contributed by atoms with Gasteiger partial charge in [-0.15, -0.1) is 0 Å². The molecule has 0 saturated carbocycles. The molecule has 1 amide bonds. The van der Waals surface area contributed by atoms with E-state index in [0.29, 0.717) is 16.3 Å². The minimum atomic E-state index is -3.93. The zero-order valence-electron chi connectivity index (χ0n) is 15.4. The van der Waals surface area contributed by atoms with Gasteiger partial charge in [-0.3, -0.25) is 9.52 Å². The van der Waals surface area contributed by atoms with Gasteiger partial charge in [0.15, 0.2) is 0 Å². The number of amides is 1. The zero-order valence-corrected chi connectivity index (χ0v) is 17.8. The molecule has 152 valence electrons. The fourth-order valence-corrected chi connectivity index (χ4v) is 4.11. The molecule has 0 aliphatic heterocycles. The Balaban J connectivity index is 2.23. The molecule has 0 aromatic heterocycles. The number of halogens is 1. The number of likely N-dealkylation sites (N-methyl/N-ethyl adjacent to an activating group) is 1. The Morgan fingerprint density at radius 2 is 1.75 bits per heavy atom. The summed E-state index contributed by atoms with van der Waals surface area (Å²) in [5, 5.41) is 2.88. The Morgan fingerprint density at radius 1 is 1.07 bits per heavy atom. The number of rotatable bonds is 7. The first-order valence-corrected chi connectivity index (χ1v) is 11.7. The summed E-state index contributed by atoms with van der Waals surface area (Å²) in [7, 11) is -6.17. The van der Waals surface area contributed by atoms with Gasteiger partial charge in [-0.05, 0) is 42.8 Å². The molecule has 8 nitrogen and oxygen atoms in total. The largest absolute Gasteiger partial charge is 0.325 e. The van der Waals surface area contributed by atoms with Gasteiger partial charge in [0.2, 0.25) is 15.9 Å². The standard InChI is InChI=1S/C17H20ClN3O5S2/c1-12-7-8-14(19-17(22)11-21(2)27(3,23)24)10-16(12)28(25,26)20-15-6-4-5-13(18)9-15/h4-10,20H,11H2,1-3H3,(H,19,22). The third-order valence-electron chi connectivity index (χ3n) is 3.77. The fraction of sp³-hybridized carbons (Fsp3) is 0.235. The molecule has 0 bridgehead atoms. The molecule has 0 spiro atoms. The molecular weight excluding hydrogens is 426 g/mol. The van der Waals surface area contributed by atoms with E-state index in [1.807, 2.05) is 0 Å². The van der Waals surface area contributed by atoms with Crippen molar-refractivity contribution in [2.75, 3.05) is 29.9 Å². The molecule has 2 rings (SSSR count). The first-order chi connectivity index (χ1) is 12.9. The monoisotopic (exact) mass is 445 g/mol. The topological polar surface area (TPSA) is 113 Å². The average Bonchev–Trinajstić information content (AvgIpc) is 2.55. The van der Waals surface area contributed by atoms with Crippen molar-refractivity contribution < 1.29 is 21.6 Å². The van der Waals surface area contributed by atoms with E-state index < -0.39 is 32.5 Å². The minimum Gasteiger partial charge on any atom is -0.325 e. The molecule has 0 heterocycles. The van der Waals surface area contributed by atoms with Gasteiger partial charge >= 0.3 is 0 Å². The lowest BCUT2D eigenvalue weighted by atomic mass is 10.2. The van der Waals surface area contributed by atoms with Crippen LogP contribution in [0.3, 0.4) is 0 Å². The number of benzene rings is 2. The number of nitrogens with one attached hydrogen (secondary N) is 2. The molecule has 2 N–H and O–H groups in total. The predicted molar refractivity (Wildman–Crippen MR) is 110 cm³/mol. The van der Waals surface area contributed by atoms with E-state index in [2.05, 4.69) is 10.0 Å². The maximum absolute atomic E-state index is 12.7. The van der Waals surface area contributed by atoms with Crippen LogP contribution < -0.4 is 10.0 Å². The fourth-order valence-electron chi connectivity index (χ4n) is 2.25. The van der Waals surface area contributed by atoms with Gasteiger partial charge in [0.1, 0.15) is 0 Å². The van der Waals surface area contributed by atoms with E-state index in [1.54, 1.807) is 31.2 Å². The van der Waals surface area contributed by atoms with E-state index >= 15 is 0 Å². The van der Waals surface area contributed by atoms with Crippen molar-refractivity contribution in [3.63, 3.8) is 0 Å². The number of anilines is 2. The average molecular weight is 446 g/mol. The highest BCUT2D eigenvalue weighted by Gasteiger charge is 2.19. The van der Waals surface area contributed by atoms with Crippen molar-refractivity contribution in [3.05, 3.63) is 53.1 Å². The summed E-state index contributed by atoms with van der Waals surface area (Å²) in [5.41, 5.74) is 1.00. The van der Waals surface area contributed by atoms with Gasteiger partial charge in [0.25, 0.3) is 10.0 Å². The normalized spacial score (nSPS) is 12.0. The van der Waals surface area contributed by atoms with Gasteiger partial charge in [-0.2, -0.15) is 4.31 Å². The van der Waals surface area contributed by atoms with Crippen molar-refractivity contribution in [2.45, 2.75) is 11.8 Å². The van der Waals surface area contributed by atoms with Crippen LogP contribution in [0.5, 0.6) is 0 Å². The first kappa shape index (κ1) is 22.2. The summed E-state index contributed by atoms with van der Waals surface area (Å²) in [6, 6.07) is 10.7. The Kier molecular flexibility index (Phi) is 6.71. The summed E-state index contributed by atoms with van der Waals surface area (Å²) in [4.78, 5) is 12.0. The quantitative estimate of drug-likeness (QED) is 0.678. The van der Waals surface area contributed by atoms with Crippen LogP contribution in [-0.4, -0.2) is 46.9 Å². The highest BCUT2D eigenvalue weighted by Crippen LogP contribution is 2.24. The number of carbonyl (C=O) groups excluding carboxylic acids is 1. The summed E-state index contributed by atoms with van der Waals surface area (Å²) in [6.07, 6.45) is 0.984. The SMILES string of the molecule is Cc1ccc(NC(=O)CN(C)S(C)(=O)=O)cc1S(=O)(=O)Nc1cccc(Cl)c1. The molecule has 0 radical (unpaired) electrons. The second kappa shape index (κ2) is 8.48. The summed E-state index contributed by atoms with van der Waals surface area (Å²) < 4.78 is 51.6. The van der Waals surface area contributed by atoms with Gasteiger partial charge in [0.05, 0.1) is 23.4 Å². The molecule has 2 aromatic carbocycles. The molecule has 0 aliphatic carbocycles. The van der Waals surface area contributed by atoms with Crippen LogP contribution in [0.25, 0.3) is 0 Å². The lowest BCUT2D eigenvalue weighted by Crippen LogP contribution is -2.34. The van der Waals surface area contributed by atoms with Gasteiger partial charge in [-0.25, -0.2) is 16.8 Å². The van der Waals surface area contributed by atoms with Gasteiger partial charge in [0, 0.05) is 17.8 Å². The number of aryl methyl sites for hydroxylation is 1. The van der Waals surface area contributed by atoms with E-state index in [4.69, 9.17) is 11.6 Å².